The normalized spacial score (nSPS) is 12.7. The summed E-state index contributed by atoms with van der Waals surface area (Å²) in [4.78, 5) is 17.7. The van der Waals surface area contributed by atoms with E-state index in [4.69, 9.17) is 0 Å². The first-order valence-corrected chi connectivity index (χ1v) is 9.08. The van der Waals surface area contributed by atoms with Crippen LogP contribution in [0.5, 0.6) is 0 Å². The lowest BCUT2D eigenvalue weighted by Crippen LogP contribution is -2.45. The van der Waals surface area contributed by atoms with Crippen LogP contribution in [-0.2, 0) is 22.7 Å². The molecule has 1 unspecified atom stereocenters. The number of hydrogen-bond donors (Lipinski definition) is 2. The summed E-state index contributed by atoms with van der Waals surface area (Å²) in [5.41, 5.74) is 1.55. The van der Waals surface area contributed by atoms with E-state index in [2.05, 4.69) is 20.4 Å². The Morgan fingerprint density at radius 2 is 1.79 bits per heavy atom. The molecule has 0 heterocycles. The lowest BCUT2D eigenvalue weighted by atomic mass is 10.1. The second-order valence-electron chi connectivity index (χ2n) is 6.68. The predicted octanol–water partition coefficient (Wildman–Crippen LogP) is 3.31. The fraction of sp³-hybridized carbons (Fsp3) is 0.579. The monoisotopic (exact) mass is 530 g/mol. The number of rotatable bonds is 9. The van der Waals surface area contributed by atoms with Gasteiger partial charge in [-0.05, 0) is 24.5 Å². The van der Waals surface area contributed by atoms with Crippen molar-refractivity contribution in [3.05, 3.63) is 35.4 Å². The zero-order chi connectivity index (χ0) is 21.2. The lowest BCUT2D eigenvalue weighted by molar-refractivity contribution is -0.176. The summed E-state index contributed by atoms with van der Waals surface area (Å²) in [5.74, 6) is 0.462. The molecule has 1 aromatic rings. The number of aliphatic imine (C=N–C) groups is 1. The van der Waals surface area contributed by atoms with E-state index in [0.29, 0.717) is 18.1 Å². The third-order valence-corrected chi connectivity index (χ3v) is 3.88. The van der Waals surface area contributed by atoms with E-state index in [1.807, 2.05) is 13.8 Å². The Labute approximate surface area is 187 Å². The Kier molecular flexibility index (Phi) is 12.9. The van der Waals surface area contributed by atoms with Gasteiger partial charge in [0.2, 0.25) is 5.91 Å². The molecule has 0 spiro atoms. The van der Waals surface area contributed by atoms with Crippen molar-refractivity contribution in [1.82, 2.24) is 15.5 Å². The third-order valence-electron chi connectivity index (χ3n) is 3.88. The molecule has 0 radical (unpaired) electrons. The van der Waals surface area contributed by atoms with Crippen LogP contribution in [-0.4, -0.2) is 56.2 Å². The van der Waals surface area contributed by atoms with Gasteiger partial charge in [-0.1, -0.05) is 31.2 Å². The van der Waals surface area contributed by atoms with Gasteiger partial charge >= 0.3 is 6.18 Å². The van der Waals surface area contributed by atoms with Crippen LogP contribution in [0.1, 0.15) is 31.4 Å². The SMILES string of the molecule is CCC(C)NC(=NCc1ccc(COCC(F)(F)F)cc1)NCC(=O)N(C)C.I. The van der Waals surface area contributed by atoms with Crippen molar-refractivity contribution < 1.29 is 22.7 Å². The number of ether oxygens (including phenoxy) is 1. The first-order chi connectivity index (χ1) is 13.1. The third kappa shape index (κ3) is 12.6. The number of alkyl halides is 3. The highest BCUT2D eigenvalue weighted by Crippen LogP contribution is 2.16. The summed E-state index contributed by atoms with van der Waals surface area (Å²) in [7, 11) is 3.37. The van der Waals surface area contributed by atoms with Gasteiger partial charge in [0.1, 0.15) is 6.61 Å². The van der Waals surface area contributed by atoms with Gasteiger partial charge in [0.05, 0.1) is 19.7 Å². The van der Waals surface area contributed by atoms with Crippen LogP contribution in [0.25, 0.3) is 0 Å². The number of amides is 1. The minimum absolute atomic E-state index is 0. The zero-order valence-corrected chi connectivity index (χ0v) is 19.5. The van der Waals surface area contributed by atoms with E-state index < -0.39 is 12.8 Å². The summed E-state index contributed by atoms with van der Waals surface area (Å²) in [6.07, 6.45) is -3.43. The van der Waals surface area contributed by atoms with Gasteiger partial charge in [-0.25, -0.2) is 4.99 Å². The van der Waals surface area contributed by atoms with Crippen LogP contribution < -0.4 is 10.6 Å². The molecular weight excluding hydrogens is 500 g/mol. The van der Waals surface area contributed by atoms with Crippen LogP contribution in [0, 0.1) is 0 Å². The van der Waals surface area contributed by atoms with Gasteiger partial charge in [0.25, 0.3) is 0 Å². The molecule has 1 atom stereocenters. The van der Waals surface area contributed by atoms with E-state index in [1.165, 1.54) is 4.90 Å². The Morgan fingerprint density at radius 3 is 2.31 bits per heavy atom. The molecule has 1 amide bonds. The summed E-state index contributed by atoms with van der Waals surface area (Å²) >= 11 is 0. The largest absolute Gasteiger partial charge is 0.411 e. The summed E-state index contributed by atoms with van der Waals surface area (Å²) in [5, 5.41) is 6.24. The summed E-state index contributed by atoms with van der Waals surface area (Å²) < 4.78 is 40.9. The molecule has 1 rings (SSSR count). The van der Waals surface area contributed by atoms with Gasteiger partial charge < -0.3 is 20.3 Å². The lowest BCUT2D eigenvalue weighted by Gasteiger charge is -2.18. The van der Waals surface area contributed by atoms with Crippen LogP contribution >= 0.6 is 24.0 Å². The summed E-state index contributed by atoms with van der Waals surface area (Å²) in [6.45, 7) is 3.19. The molecule has 2 N–H and O–H groups in total. The molecule has 0 aromatic heterocycles. The highest BCUT2D eigenvalue weighted by atomic mass is 127. The van der Waals surface area contributed by atoms with Crippen LogP contribution in [0.15, 0.2) is 29.3 Å². The Morgan fingerprint density at radius 1 is 1.21 bits per heavy atom. The average molecular weight is 530 g/mol. The quantitative estimate of drug-likeness (QED) is 0.292. The molecule has 166 valence electrons. The minimum Gasteiger partial charge on any atom is -0.367 e. The van der Waals surface area contributed by atoms with E-state index in [9.17, 15) is 18.0 Å². The van der Waals surface area contributed by atoms with Gasteiger partial charge in [-0.15, -0.1) is 24.0 Å². The molecule has 1 aromatic carbocycles. The molecule has 29 heavy (non-hydrogen) atoms. The maximum absolute atomic E-state index is 12.1. The van der Waals surface area contributed by atoms with Crippen LogP contribution in [0.3, 0.4) is 0 Å². The van der Waals surface area contributed by atoms with E-state index >= 15 is 0 Å². The molecule has 0 aliphatic heterocycles. The number of guanidine groups is 1. The molecule has 0 bridgehead atoms. The molecule has 0 fully saturated rings. The van der Waals surface area contributed by atoms with Gasteiger partial charge in [0.15, 0.2) is 5.96 Å². The molecule has 0 aliphatic carbocycles. The molecule has 0 aliphatic rings. The van der Waals surface area contributed by atoms with Gasteiger partial charge in [0, 0.05) is 20.1 Å². The molecule has 10 heteroatoms. The Bertz CT molecular complexity index is 637. The first kappa shape index (κ1) is 27.4. The van der Waals surface area contributed by atoms with Crippen molar-refractivity contribution in [2.45, 2.75) is 45.6 Å². The van der Waals surface area contributed by atoms with Crippen molar-refractivity contribution in [3.8, 4) is 0 Å². The smallest absolute Gasteiger partial charge is 0.367 e. The number of carbonyl (C=O) groups is 1. The number of nitrogens with one attached hydrogen (secondary N) is 2. The zero-order valence-electron chi connectivity index (χ0n) is 17.2. The highest BCUT2D eigenvalue weighted by molar-refractivity contribution is 14.0. The number of carbonyl (C=O) groups excluding carboxylic acids is 1. The molecular formula is C19H30F3IN4O2. The number of benzene rings is 1. The van der Waals surface area contributed by atoms with E-state index in [0.717, 1.165) is 12.0 Å². The van der Waals surface area contributed by atoms with Gasteiger partial charge in [-0.3, -0.25) is 4.79 Å². The summed E-state index contributed by atoms with van der Waals surface area (Å²) in [6, 6.07) is 7.20. The van der Waals surface area contributed by atoms with Crippen LogP contribution in [0.2, 0.25) is 0 Å². The second-order valence-corrected chi connectivity index (χ2v) is 6.68. The number of nitrogens with zero attached hydrogens (tertiary/aromatic N) is 2. The fourth-order valence-corrected chi connectivity index (χ4v) is 2.00. The Balaban J connectivity index is 0.00000784. The maximum atomic E-state index is 12.1. The Hall–Kier alpha value is -1.56. The molecule has 0 saturated carbocycles. The van der Waals surface area contributed by atoms with E-state index in [1.54, 1.807) is 38.4 Å². The second kappa shape index (κ2) is 13.6. The van der Waals surface area contributed by atoms with Crippen molar-refractivity contribution in [2.24, 2.45) is 4.99 Å². The van der Waals surface area contributed by atoms with Crippen molar-refractivity contribution in [1.29, 1.82) is 0 Å². The van der Waals surface area contributed by atoms with Crippen molar-refractivity contribution >= 4 is 35.8 Å². The fourth-order valence-electron chi connectivity index (χ4n) is 2.00. The van der Waals surface area contributed by atoms with Crippen molar-refractivity contribution in [3.63, 3.8) is 0 Å². The number of likely N-dealkylation sites (N-methyl/N-ethyl adjacent to an activating group) is 1. The standard InChI is InChI=1S/C19H29F3N4O2.HI/c1-5-14(2)25-18(24-11-17(27)26(3)4)23-10-15-6-8-16(9-7-15)12-28-13-19(20,21)22;/h6-9,14H,5,10-13H2,1-4H3,(H2,23,24,25);1H. The predicted molar refractivity (Wildman–Crippen MR) is 118 cm³/mol. The molecule has 6 nitrogen and oxygen atoms in total. The van der Waals surface area contributed by atoms with E-state index in [-0.39, 0.29) is 49.1 Å². The minimum atomic E-state index is -4.32. The average Bonchev–Trinajstić information content (AvgIpc) is 2.63. The van der Waals surface area contributed by atoms with Gasteiger partial charge in [-0.2, -0.15) is 13.2 Å². The number of hydrogen-bond acceptors (Lipinski definition) is 3. The van der Waals surface area contributed by atoms with Crippen molar-refractivity contribution in [2.75, 3.05) is 27.2 Å². The number of halogens is 4. The molecule has 0 saturated heterocycles. The maximum Gasteiger partial charge on any atom is 0.411 e. The first-order valence-electron chi connectivity index (χ1n) is 9.08. The topological polar surface area (TPSA) is 66.0 Å². The highest BCUT2D eigenvalue weighted by Gasteiger charge is 2.27. The van der Waals surface area contributed by atoms with Crippen LogP contribution in [0.4, 0.5) is 13.2 Å².